The summed E-state index contributed by atoms with van der Waals surface area (Å²) in [6.45, 7) is 0. The first kappa shape index (κ1) is 9.54. The van der Waals surface area contributed by atoms with Gasteiger partial charge in [0.1, 0.15) is 0 Å². The molecule has 18 heavy (non-hydrogen) atoms. The summed E-state index contributed by atoms with van der Waals surface area (Å²) in [6.07, 6.45) is 0. The predicted molar refractivity (Wildman–Crippen MR) is 79.0 cm³/mol. The van der Waals surface area contributed by atoms with E-state index in [1.165, 1.54) is 21.5 Å². The quantitative estimate of drug-likeness (QED) is 0.358. The van der Waals surface area contributed by atoms with E-state index in [0.29, 0.717) is 0 Å². The first-order chi connectivity index (χ1) is 8.75. The molecule has 86 valence electrons. The minimum Gasteiger partial charge on any atom is -0.398 e. The summed E-state index contributed by atoms with van der Waals surface area (Å²) in [6, 6.07) is 16.4. The molecule has 4 rings (SSSR count). The van der Waals surface area contributed by atoms with E-state index in [9.17, 15) is 0 Å². The van der Waals surface area contributed by atoms with Crippen molar-refractivity contribution in [2.45, 2.75) is 0 Å². The van der Waals surface area contributed by atoms with Crippen molar-refractivity contribution in [1.82, 2.24) is 0 Å². The Balaban J connectivity index is 2.51. The van der Waals surface area contributed by atoms with Crippen LogP contribution in [0.15, 0.2) is 48.5 Å². The molecule has 0 heterocycles. The third kappa shape index (κ3) is 1.02. The van der Waals surface area contributed by atoms with Crippen molar-refractivity contribution in [2.24, 2.45) is 0 Å². The first-order valence-electron chi connectivity index (χ1n) is 5.97. The number of rotatable bonds is 0. The molecule has 0 saturated carbocycles. The summed E-state index contributed by atoms with van der Waals surface area (Å²) in [5.74, 6) is 0. The second-order valence-electron chi connectivity index (χ2n) is 4.74. The molecule has 0 aromatic heterocycles. The predicted octanol–water partition coefficient (Wildman–Crippen LogP) is 3.75. The second-order valence-corrected chi connectivity index (χ2v) is 4.74. The smallest absolute Gasteiger partial charge is 0.0400 e. The Hall–Kier alpha value is -2.48. The Morgan fingerprint density at radius 1 is 0.611 bits per heavy atom. The lowest BCUT2D eigenvalue weighted by Crippen LogP contribution is -1.93. The lowest BCUT2D eigenvalue weighted by Gasteiger charge is -2.14. The topological polar surface area (TPSA) is 52.0 Å². The van der Waals surface area contributed by atoms with Crippen LogP contribution in [0.4, 0.5) is 11.4 Å². The van der Waals surface area contributed by atoms with Gasteiger partial charge in [-0.3, -0.25) is 0 Å². The zero-order valence-corrected chi connectivity index (χ0v) is 9.77. The molecule has 0 fully saturated rings. The van der Waals surface area contributed by atoms with Crippen molar-refractivity contribution < 1.29 is 0 Å². The van der Waals surface area contributed by atoms with Gasteiger partial charge in [-0.1, -0.05) is 36.4 Å². The van der Waals surface area contributed by atoms with Gasteiger partial charge in [0.2, 0.25) is 0 Å². The molecule has 4 aromatic rings. The van der Waals surface area contributed by atoms with Crippen LogP contribution in [0.2, 0.25) is 0 Å². The van der Waals surface area contributed by atoms with Gasteiger partial charge in [-0.05, 0) is 28.3 Å². The van der Waals surface area contributed by atoms with E-state index in [4.69, 9.17) is 11.5 Å². The van der Waals surface area contributed by atoms with Gasteiger partial charge < -0.3 is 11.5 Å². The van der Waals surface area contributed by atoms with Gasteiger partial charge in [0.05, 0.1) is 0 Å². The van der Waals surface area contributed by atoms with Gasteiger partial charge in [-0.15, -0.1) is 0 Å². The van der Waals surface area contributed by atoms with Crippen LogP contribution >= 0.6 is 0 Å². The zero-order valence-electron chi connectivity index (χ0n) is 9.77. The molecule has 0 aliphatic rings. The summed E-state index contributed by atoms with van der Waals surface area (Å²) in [5, 5.41) is 6.96. The third-order valence-electron chi connectivity index (χ3n) is 3.69. The Morgan fingerprint density at radius 2 is 1.11 bits per heavy atom. The summed E-state index contributed by atoms with van der Waals surface area (Å²) >= 11 is 0. The molecule has 2 nitrogen and oxygen atoms in total. The van der Waals surface area contributed by atoms with Crippen LogP contribution < -0.4 is 11.5 Å². The highest BCUT2D eigenvalue weighted by Crippen LogP contribution is 2.39. The van der Waals surface area contributed by atoms with Crippen LogP contribution in [0.1, 0.15) is 0 Å². The summed E-state index contributed by atoms with van der Waals surface area (Å²) < 4.78 is 0. The van der Waals surface area contributed by atoms with Crippen molar-refractivity contribution in [1.29, 1.82) is 0 Å². The van der Waals surface area contributed by atoms with Crippen LogP contribution in [-0.2, 0) is 0 Å². The summed E-state index contributed by atoms with van der Waals surface area (Å²) in [5.41, 5.74) is 13.9. The summed E-state index contributed by atoms with van der Waals surface area (Å²) in [7, 11) is 0. The molecule has 0 saturated heterocycles. The Bertz CT molecular complexity index is 827. The van der Waals surface area contributed by atoms with E-state index in [1.54, 1.807) is 0 Å². The maximum atomic E-state index is 6.15. The van der Waals surface area contributed by atoms with Crippen LogP contribution in [0, 0.1) is 0 Å². The van der Waals surface area contributed by atoms with Crippen LogP contribution in [0.5, 0.6) is 0 Å². The lowest BCUT2D eigenvalue weighted by atomic mass is 9.92. The highest BCUT2D eigenvalue weighted by atomic mass is 14.6. The van der Waals surface area contributed by atoms with Crippen molar-refractivity contribution in [3.8, 4) is 0 Å². The number of hydrogen-bond acceptors (Lipinski definition) is 2. The van der Waals surface area contributed by atoms with Crippen LogP contribution in [0.25, 0.3) is 32.3 Å². The second kappa shape index (κ2) is 3.05. The van der Waals surface area contributed by atoms with Crippen molar-refractivity contribution >= 4 is 43.7 Å². The van der Waals surface area contributed by atoms with E-state index in [1.807, 2.05) is 24.3 Å². The fourth-order valence-electron chi connectivity index (χ4n) is 2.91. The van der Waals surface area contributed by atoms with Gasteiger partial charge >= 0.3 is 0 Å². The number of nitrogen functional groups attached to an aromatic ring is 2. The highest BCUT2D eigenvalue weighted by molar-refractivity contribution is 6.28. The van der Waals surface area contributed by atoms with Crippen molar-refractivity contribution in [2.75, 3.05) is 11.5 Å². The minimum absolute atomic E-state index is 0.811. The molecule has 0 radical (unpaired) electrons. The van der Waals surface area contributed by atoms with Gasteiger partial charge in [-0.25, -0.2) is 0 Å². The molecule has 0 spiro atoms. The monoisotopic (exact) mass is 232 g/mol. The number of benzene rings is 4. The van der Waals surface area contributed by atoms with E-state index in [2.05, 4.69) is 24.3 Å². The zero-order chi connectivity index (χ0) is 12.3. The average Bonchev–Trinajstić information content (AvgIpc) is 2.38. The first-order valence-corrected chi connectivity index (χ1v) is 5.97. The lowest BCUT2D eigenvalue weighted by molar-refractivity contribution is 1.75. The molecule has 0 atom stereocenters. The molecule has 4 aromatic carbocycles. The van der Waals surface area contributed by atoms with Gasteiger partial charge in [0.15, 0.2) is 0 Å². The van der Waals surface area contributed by atoms with E-state index in [-0.39, 0.29) is 0 Å². The third-order valence-corrected chi connectivity index (χ3v) is 3.69. The molecular formula is C16H12N2. The molecule has 2 heteroatoms. The number of anilines is 2. The molecular weight excluding hydrogens is 220 g/mol. The van der Waals surface area contributed by atoms with E-state index >= 15 is 0 Å². The Labute approximate surface area is 104 Å². The van der Waals surface area contributed by atoms with E-state index in [0.717, 1.165) is 22.1 Å². The fraction of sp³-hybridized carbons (Fsp3) is 0. The molecule has 0 amide bonds. The molecule has 4 N–H and O–H groups in total. The number of nitrogens with two attached hydrogens (primary N) is 2. The SMILES string of the molecule is Nc1cc2cccc3cc(N)c4cccc1c4c23. The normalized spacial score (nSPS) is 11.8. The largest absolute Gasteiger partial charge is 0.398 e. The summed E-state index contributed by atoms with van der Waals surface area (Å²) in [4.78, 5) is 0. The fourth-order valence-corrected chi connectivity index (χ4v) is 2.91. The number of hydrogen-bond donors (Lipinski definition) is 2. The van der Waals surface area contributed by atoms with Crippen molar-refractivity contribution in [3.63, 3.8) is 0 Å². The maximum absolute atomic E-state index is 6.15. The Morgan fingerprint density at radius 3 is 1.67 bits per heavy atom. The minimum atomic E-state index is 0.811. The Kier molecular flexibility index (Phi) is 1.61. The van der Waals surface area contributed by atoms with Crippen LogP contribution in [0.3, 0.4) is 0 Å². The van der Waals surface area contributed by atoms with E-state index < -0.39 is 0 Å². The van der Waals surface area contributed by atoms with Gasteiger partial charge in [0.25, 0.3) is 0 Å². The molecule has 0 aliphatic carbocycles. The maximum Gasteiger partial charge on any atom is 0.0400 e. The van der Waals surface area contributed by atoms with Crippen molar-refractivity contribution in [3.05, 3.63) is 48.5 Å². The average molecular weight is 232 g/mol. The molecule has 0 unspecified atom stereocenters. The molecule has 0 aliphatic heterocycles. The van der Waals surface area contributed by atoms with Gasteiger partial charge in [0, 0.05) is 27.5 Å². The molecule has 0 bridgehead atoms. The van der Waals surface area contributed by atoms with Crippen LogP contribution in [-0.4, -0.2) is 0 Å². The standard InChI is InChI=1S/C16H12N2/c17-13-7-9-3-1-4-10-8-14(18)12-6-2-5-11(13)16(12)15(9)10/h1-8H,17-18H2. The highest BCUT2D eigenvalue weighted by Gasteiger charge is 2.11. The van der Waals surface area contributed by atoms with Gasteiger partial charge in [-0.2, -0.15) is 0 Å².